The third-order valence-electron chi connectivity index (χ3n) is 4.00. The molecule has 1 N–H and O–H groups in total. The first-order valence-corrected chi connectivity index (χ1v) is 9.13. The van der Waals surface area contributed by atoms with Gasteiger partial charge in [-0.2, -0.15) is 0 Å². The number of nitro benzene ring substituents is 1. The van der Waals surface area contributed by atoms with E-state index in [0.29, 0.717) is 22.3 Å². The lowest BCUT2D eigenvalue weighted by atomic mass is 10.2. The van der Waals surface area contributed by atoms with Crippen LogP contribution in [0.1, 0.15) is 18.0 Å². The fourth-order valence-corrected chi connectivity index (χ4v) is 3.37. The molecule has 0 bridgehead atoms. The molecule has 0 aliphatic heterocycles. The van der Waals surface area contributed by atoms with E-state index in [4.69, 9.17) is 4.42 Å². The predicted octanol–water partition coefficient (Wildman–Crippen LogP) is 3.73. The minimum absolute atomic E-state index is 0.0591. The number of nitrogens with one attached hydrogen (secondary N) is 1. The largest absolute Gasteiger partial charge is 0.411 e. The molecule has 0 spiro atoms. The number of aromatic nitrogens is 4. The summed E-state index contributed by atoms with van der Waals surface area (Å²) in [4.78, 5) is 29.9. The van der Waals surface area contributed by atoms with Crippen molar-refractivity contribution in [2.24, 2.45) is 0 Å². The molecule has 2 aromatic carbocycles. The van der Waals surface area contributed by atoms with Crippen molar-refractivity contribution >= 4 is 28.4 Å². The number of hydrogen-bond acceptors (Lipinski definition) is 8. The number of H-pyrrole nitrogens is 1. The van der Waals surface area contributed by atoms with Crippen molar-refractivity contribution in [2.45, 2.75) is 17.4 Å². The van der Waals surface area contributed by atoms with E-state index >= 15 is 0 Å². The SMILES string of the molecule is C[C@H](Sc1nnc(-c2cccc([N+](=O)[O-])c2)o1)c1nc2ccccc2c(=O)[nH]1. The van der Waals surface area contributed by atoms with Crippen LogP contribution in [0.2, 0.25) is 0 Å². The lowest BCUT2D eigenvalue weighted by Crippen LogP contribution is -2.12. The lowest BCUT2D eigenvalue weighted by molar-refractivity contribution is -0.384. The van der Waals surface area contributed by atoms with Crippen LogP contribution in [0, 0.1) is 10.1 Å². The molecule has 4 aromatic rings. The van der Waals surface area contributed by atoms with E-state index in [1.807, 2.05) is 13.0 Å². The molecule has 4 rings (SSSR count). The predicted molar refractivity (Wildman–Crippen MR) is 103 cm³/mol. The second-order valence-electron chi connectivity index (χ2n) is 5.91. The molecule has 10 heteroatoms. The molecule has 0 aliphatic carbocycles. The molecule has 0 radical (unpaired) electrons. The molecule has 9 nitrogen and oxygen atoms in total. The van der Waals surface area contributed by atoms with Crippen molar-refractivity contribution in [3.05, 3.63) is 74.8 Å². The van der Waals surface area contributed by atoms with Crippen LogP contribution in [-0.4, -0.2) is 25.1 Å². The van der Waals surface area contributed by atoms with Crippen molar-refractivity contribution in [3.8, 4) is 11.5 Å². The number of para-hydroxylation sites is 1. The zero-order chi connectivity index (χ0) is 19.7. The Morgan fingerprint density at radius 2 is 2.00 bits per heavy atom. The average molecular weight is 395 g/mol. The number of rotatable bonds is 5. The highest BCUT2D eigenvalue weighted by Gasteiger charge is 2.18. The molecule has 28 heavy (non-hydrogen) atoms. The third-order valence-corrected chi connectivity index (χ3v) is 4.95. The summed E-state index contributed by atoms with van der Waals surface area (Å²) in [6.07, 6.45) is 0. The van der Waals surface area contributed by atoms with Crippen LogP contribution >= 0.6 is 11.8 Å². The minimum Gasteiger partial charge on any atom is -0.411 e. The highest BCUT2D eigenvalue weighted by molar-refractivity contribution is 7.99. The number of nitrogens with zero attached hydrogens (tertiary/aromatic N) is 4. The zero-order valence-electron chi connectivity index (χ0n) is 14.5. The number of fused-ring (bicyclic) bond motifs is 1. The Bertz CT molecular complexity index is 1240. The van der Waals surface area contributed by atoms with Gasteiger partial charge in [0.05, 0.1) is 21.1 Å². The fourth-order valence-electron chi connectivity index (χ4n) is 2.63. The Kier molecular flexibility index (Phi) is 4.62. The molecular weight excluding hydrogens is 382 g/mol. The molecule has 0 amide bonds. The monoisotopic (exact) mass is 395 g/mol. The summed E-state index contributed by atoms with van der Waals surface area (Å²) >= 11 is 1.23. The van der Waals surface area contributed by atoms with E-state index in [0.717, 1.165) is 0 Å². The van der Waals surface area contributed by atoms with Crippen molar-refractivity contribution in [1.82, 2.24) is 20.2 Å². The van der Waals surface area contributed by atoms with Gasteiger partial charge in [-0.05, 0) is 25.1 Å². The number of benzene rings is 2. The number of non-ortho nitro benzene ring substituents is 1. The number of aromatic amines is 1. The molecule has 2 heterocycles. The van der Waals surface area contributed by atoms with Crippen LogP contribution < -0.4 is 5.56 Å². The minimum atomic E-state index is -0.487. The van der Waals surface area contributed by atoms with Crippen molar-refractivity contribution < 1.29 is 9.34 Å². The second kappa shape index (κ2) is 7.24. The topological polar surface area (TPSA) is 128 Å². The van der Waals surface area contributed by atoms with Gasteiger partial charge in [0, 0.05) is 17.7 Å². The van der Waals surface area contributed by atoms with Gasteiger partial charge in [0.1, 0.15) is 5.82 Å². The molecule has 140 valence electrons. The molecule has 0 fully saturated rings. The Morgan fingerprint density at radius 3 is 2.82 bits per heavy atom. The smallest absolute Gasteiger partial charge is 0.277 e. The van der Waals surface area contributed by atoms with Gasteiger partial charge in [0.15, 0.2) is 0 Å². The van der Waals surface area contributed by atoms with E-state index in [2.05, 4.69) is 20.2 Å². The molecule has 0 aliphatic rings. The first kappa shape index (κ1) is 17.9. The summed E-state index contributed by atoms with van der Waals surface area (Å²) in [7, 11) is 0. The number of hydrogen-bond donors (Lipinski definition) is 1. The third kappa shape index (κ3) is 3.49. The van der Waals surface area contributed by atoms with Gasteiger partial charge < -0.3 is 9.40 Å². The first-order chi connectivity index (χ1) is 13.5. The molecule has 0 saturated heterocycles. The Hall–Kier alpha value is -3.53. The van der Waals surface area contributed by atoms with Crippen molar-refractivity contribution in [1.29, 1.82) is 0 Å². The van der Waals surface area contributed by atoms with Crippen molar-refractivity contribution in [3.63, 3.8) is 0 Å². The fraction of sp³-hybridized carbons (Fsp3) is 0.111. The van der Waals surface area contributed by atoms with E-state index in [1.54, 1.807) is 30.3 Å². The van der Waals surface area contributed by atoms with Crippen LogP contribution in [-0.2, 0) is 0 Å². The quantitative estimate of drug-likeness (QED) is 0.307. The molecular formula is C18H13N5O4S. The van der Waals surface area contributed by atoms with Gasteiger partial charge in [0.25, 0.3) is 16.5 Å². The van der Waals surface area contributed by atoms with Crippen LogP contribution in [0.15, 0.2) is 63.0 Å². The van der Waals surface area contributed by atoms with Crippen LogP contribution in [0.5, 0.6) is 0 Å². The van der Waals surface area contributed by atoms with Crippen LogP contribution in [0.3, 0.4) is 0 Å². The van der Waals surface area contributed by atoms with E-state index < -0.39 is 4.92 Å². The Balaban J connectivity index is 1.58. The highest BCUT2D eigenvalue weighted by atomic mass is 32.2. The maximum absolute atomic E-state index is 12.2. The number of nitro groups is 1. The Morgan fingerprint density at radius 1 is 1.18 bits per heavy atom. The van der Waals surface area contributed by atoms with E-state index in [-0.39, 0.29) is 27.6 Å². The molecule has 0 unspecified atom stereocenters. The summed E-state index contributed by atoms with van der Waals surface area (Å²) in [6.45, 7) is 1.86. The summed E-state index contributed by atoms with van der Waals surface area (Å²) < 4.78 is 5.61. The van der Waals surface area contributed by atoms with Crippen LogP contribution in [0.4, 0.5) is 5.69 Å². The average Bonchev–Trinajstić information content (AvgIpc) is 3.16. The summed E-state index contributed by atoms with van der Waals surface area (Å²) in [6, 6.07) is 13.1. The zero-order valence-corrected chi connectivity index (χ0v) is 15.3. The van der Waals surface area contributed by atoms with E-state index in [1.165, 1.54) is 23.9 Å². The molecule has 2 aromatic heterocycles. The van der Waals surface area contributed by atoms with Crippen molar-refractivity contribution in [2.75, 3.05) is 0 Å². The lowest BCUT2D eigenvalue weighted by Gasteiger charge is -2.08. The second-order valence-corrected chi connectivity index (χ2v) is 7.20. The van der Waals surface area contributed by atoms with Gasteiger partial charge in [0.2, 0.25) is 5.89 Å². The van der Waals surface area contributed by atoms with E-state index in [9.17, 15) is 14.9 Å². The summed E-state index contributed by atoms with van der Waals surface area (Å²) in [5, 5.41) is 19.4. The number of thioether (sulfide) groups is 1. The first-order valence-electron chi connectivity index (χ1n) is 8.25. The van der Waals surface area contributed by atoms with Crippen LogP contribution in [0.25, 0.3) is 22.4 Å². The Labute approximate surface area is 162 Å². The maximum atomic E-state index is 12.2. The van der Waals surface area contributed by atoms with Gasteiger partial charge in [-0.25, -0.2) is 4.98 Å². The normalized spacial score (nSPS) is 12.2. The standard InChI is InChI=1S/C18H13N5O4S/c1-10(15-19-14-8-3-2-7-13(14)16(24)20-15)28-18-22-21-17(27-18)11-5-4-6-12(9-11)23(25)26/h2-10H,1H3,(H,19,20,24)/t10-/m0/s1. The van der Waals surface area contributed by atoms with Gasteiger partial charge in [-0.1, -0.05) is 30.0 Å². The molecule has 0 saturated carbocycles. The van der Waals surface area contributed by atoms with Gasteiger partial charge in [-0.3, -0.25) is 14.9 Å². The molecule has 1 atom stereocenters. The summed E-state index contributed by atoms with van der Waals surface area (Å²) in [5.74, 6) is 0.669. The van der Waals surface area contributed by atoms with Gasteiger partial charge >= 0.3 is 0 Å². The van der Waals surface area contributed by atoms with Gasteiger partial charge in [-0.15, -0.1) is 10.2 Å². The summed E-state index contributed by atoms with van der Waals surface area (Å²) in [5.41, 5.74) is 0.794. The highest BCUT2D eigenvalue weighted by Crippen LogP contribution is 2.34. The maximum Gasteiger partial charge on any atom is 0.277 e.